The normalized spacial score (nSPS) is 17.3. The second-order valence-corrected chi connectivity index (χ2v) is 16.9. The van der Waals surface area contributed by atoms with E-state index in [4.69, 9.17) is 37.9 Å². The van der Waals surface area contributed by atoms with E-state index >= 15 is 0 Å². The number of rotatable bonds is 14. The van der Waals surface area contributed by atoms with Crippen LogP contribution >= 0.6 is 0 Å². The van der Waals surface area contributed by atoms with Crippen molar-refractivity contribution in [1.82, 2.24) is 29.5 Å². The number of fused-ring (bicyclic) bond motifs is 6. The van der Waals surface area contributed by atoms with Gasteiger partial charge >= 0.3 is 36.1 Å². The van der Waals surface area contributed by atoms with Gasteiger partial charge in [0, 0.05) is 36.1 Å². The van der Waals surface area contributed by atoms with Gasteiger partial charge in [0.15, 0.2) is 34.6 Å². The summed E-state index contributed by atoms with van der Waals surface area (Å²) in [6, 6.07) is 14.6. The van der Waals surface area contributed by atoms with Crippen LogP contribution in [0.15, 0.2) is 72.8 Å². The van der Waals surface area contributed by atoms with Crippen LogP contribution in [-0.4, -0.2) is 83.1 Å². The Morgan fingerprint density at radius 2 is 0.895 bits per heavy atom. The summed E-state index contributed by atoms with van der Waals surface area (Å²) < 4.78 is 187. The highest BCUT2D eigenvalue weighted by atomic mass is 19.4. The van der Waals surface area contributed by atoms with Gasteiger partial charge in [-0.25, -0.2) is 0 Å². The van der Waals surface area contributed by atoms with Crippen LogP contribution in [0.4, 0.5) is 43.9 Å². The fraction of sp³-hybridized carbons (Fsp3) is 0.400. The molecule has 6 aromatic rings. The fourth-order valence-electron chi connectivity index (χ4n) is 8.68. The van der Waals surface area contributed by atoms with Gasteiger partial charge in [-0.05, 0) is 62.4 Å². The maximum atomic E-state index is 14.6. The van der Waals surface area contributed by atoms with E-state index in [0.717, 1.165) is 45.5 Å². The van der Waals surface area contributed by atoms with Crippen molar-refractivity contribution in [3.63, 3.8) is 0 Å². The van der Waals surface area contributed by atoms with Gasteiger partial charge in [-0.2, -0.15) is 43.9 Å². The van der Waals surface area contributed by atoms with E-state index < -0.39 is 96.2 Å². The van der Waals surface area contributed by atoms with Crippen LogP contribution in [0, 0.1) is 0 Å². The van der Waals surface area contributed by atoms with Crippen LogP contribution < -0.4 is 18.9 Å². The van der Waals surface area contributed by atoms with Crippen molar-refractivity contribution in [2.45, 2.75) is 89.2 Å². The summed E-state index contributed by atoms with van der Waals surface area (Å²) in [7, 11) is 5.44. The highest BCUT2D eigenvalue weighted by Gasteiger charge is 2.45. The lowest BCUT2D eigenvalue weighted by atomic mass is 9.96. The summed E-state index contributed by atoms with van der Waals surface area (Å²) in [5.41, 5.74) is -1.97. The van der Waals surface area contributed by atoms with Gasteiger partial charge in [-0.3, -0.25) is 18.7 Å². The molecule has 0 radical (unpaired) electrons. The van der Waals surface area contributed by atoms with E-state index in [0.29, 0.717) is 13.8 Å². The standard InChI is InChI=1S/2C25H24F5N3O5/c2*1-5-37-19(34)12-18-22-31-32-23(24(2,26)27)33(22)16-10-9-13(25(28,29)30)11-15(16)20(38-18)14-7-6-8-17(35-3)21(14)36-4/h2*6-11,18,20H,5,12H2,1-4H3/t2*18-,20-/m10/s1. The van der Waals surface area contributed by atoms with Crippen molar-refractivity contribution in [2.75, 3.05) is 41.7 Å². The van der Waals surface area contributed by atoms with Crippen LogP contribution in [0.2, 0.25) is 0 Å². The average molecular weight is 1080 g/mol. The molecule has 4 aromatic carbocycles. The lowest BCUT2D eigenvalue weighted by Gasteiger charge is -2.25. The van der Waals surface area contributed by atoms with Gasteiger partial charge in [-0.15, -0.1) is 20.4 Å². The van der Waals surface area contributed by atoms with Gasteiger partial charge in [0.05, 0.1) is 77.0 Å². The van der Waals surface area contributed by atoms with Crippen LogP contribution in [0.5, 0.6) is 23.0 Å². The van der Waals surface area contributed by atoms with Crippen LogP contribution in [0.25, 0.3) is 11.4 Å². The third-order valence-corrected chi connectivity index (χ3v) is 11.8. The first-order valence-corrected chi connectivity index (χ1v) is 22.9. The molecule has 16 nitrogen and oxygen atoms in total. The van der Waals surface area contributed by atoms with Crippen molar-refractivity contribution in [1.29, 1.82) is 0 Å². The zero-order chi connectivity index (χ0) is 55.7. The number of esters is 2. The van der Waals surface area contributed by atoms with Gasteiger partial charge in [-0.1, -0.05) is 24.3 Å². The van der Waals surface area contributed by atoms with Crippen molar-refractivity contribution >= 4 is 11.9 Å². The number of benzene rings is 4. The predicted molar refractivity (Wildman–Crippen MR) is 245 cm³/mol. The van der Waals surface area contributed by atoms with E-state index in [1.807, 2.05) is 0 Å². The molecule has 0 spiro atoms. The molecule has 0 aliphatic carbocycles. The first-order valence-electron chi connectivity index (χ1n) is 22.9. The number of methoxy groups -OCH3 is 4. The lowest BCUT2D eigenvalue weighted by Crippen LogP contribution is -2.19. The Kier molecular flexibility index (Phi) is 16.3. The zero-order valence-electron chi connectivity index (χ0n) is 41.6. The molecular formula is C50H48F10N6O10. The molecule has 2 aromatic heterocycles. The van der Waals surface area contributed by atoms with Crippen molar-refractivity contribution in [2.24, 2.45) is 0 Å². The van der Waals surface area contributed by atoms with E-state index in [2.05, 4.69) is 20.4 Å². The molecule has 26 heteroatoms. The number of halogens is 10. The number of ether oxygens (including phenoxy) is 8. The van der Waals surface area contributed by atoms with Crippen molar-refractivity contribution < 1.29 is 91.4 Å². The molecule has 0 N–H and O–H groups in total. The number of carbonyl (C=O) groups excluding carboxylic acids is 2. The van der Waals surface area contributed by atoms with Gasteiger partial charge in [0.1, 0.15) is 24.4 Å². The molecule has 0 saturated carbocycles. The smallest absolute Gasteiger partial charge is 0.416 e. The van der Waals surface area contributed by atoms with Crippen molar-refractivity contribution in [3.8, 4) is 34.4 Å². The third-order valence-electron chi connectivity index (χ3n) is 11.8. The molecule has 4 heterocycles. The largest absolute Gasteiger partial charge is 0.493 e. The number of alkyl halides is 10. The number of aromatic nitrogens is 6. The summed E-state index contributed by atoms with van der Waals surface area (Å²) >= 11 is 0. The van der Waals surface area contributed by atoms with Crippen LogP contribution in [0.3, 0.4) is 0 Å². The highest BCUT2D eigenvalue weighted by Crippen LogP contribution is 2.50. The summed E-state index contributed by atoms with van der Waals surface area (Å²) in [6.45, 7) is 4.42. The molecule has 0 saturated heterocycles. The minimum absolute atomic E-state index is 0.0405. The summed E-state index contributed by atoms with van der Waals surface area (Å²) in [6.07, 6.45) is -15.7. The molecule has 0 bridgehead atoms. The summed E-state index contributed by atoms with van der Waals surface area (Å²) in [5.74, 6) is -9.75. The number of nitrogens with zero attached hydrogens (tertiary/aromatic N) is 6. The monoisotopic (exact) mass is 1080 g/mol. The molecule has 0 amide bonds. The Bertz CT molecular complexity index is 2880. The molecule has 4 atom stereocenters. The first-order chi connectivity index (χ1) is 35.8. The molecule has 0 unspecified atom stereocenters. The predicted octanol–water partition coefficient (Wildman–Crippen LogP) is 11.1. The second kappa shape index (κ2) is 22.0. The molecule has 76 heavy (non-hydrogen) atoms. The minimum Gasteiger partial charge on any atom is -0.493 e. The highest BCUT2D eigenvalue weighted by molar-refractivity contribution is 5.71. The molecular weight excluding hydrogens is 1030 g/mol. The lowest BCUT2D eigenvalue weighted by molar-refractivity contribution is -0.148. The molecule has 408 valence electrons. The zero-order valence-corrected chi connectivity index (χ0v) is 41.6. The van der Waals surface area contributed by atoms with Crippen LogP contribution in [0.1, 0.15) is 122 Å². The van der Waals surface area contributed by atoms with E-state index in [1.165, 1.54) is 28.4 Å². The van der Waals surface area contributed by atoms with Crippen LogP contribution in [-0.2, 0) is 52.7 Å². The van der Waals surface area contributed by atoms with Crippen molar-refractivity contribution in [3.05, 3.63) is 129 Å². The Balaban J connectivity index is 0.000000221. The Morgan fingerprint density at radius 1 is 0.526 bits per heavy atom. The summed E-state index contributed by atoms with van der Waals surface area (Å²) in [4.78, 5) is 24.9. The van der Waals surface area contributed by atoms with Gasteiger partial charge in [0.25, 0.3) is 0 Å². The molecule has 0 fully saturated rings. The number of hydrogen-bond donors (Lipinski definition) is 0. The average Bonchev–Trinajstić information content (AvgIpc) is 3.99. The third kappa shape index (κ3) is 11.4. The van der Waals surface area contributed by atoms with E-state index in [1.54, 1.807) is 50.2 Å². The number of hydrogen-bond acceptors (Lipinski definition) is 14. The maximum absolute atomic E-state index is 14.6. The Labute approximate surface area is 426 Å². The fourth-order valence-corrected chi connectivity index (χ4v) is 8.68. The van der Waals surface area contributed by atoms with E-state index in [-0.39, 0.29) is 81.5 Å². The minimum atomic E-state index is -4.75. The topological polar surface area (TPSA) is 169 Å². The molecule has 8 rings (SSSR count). The summed E-state index contributed by atoms with van der Waals surface area (Å²) in [5, 5.41) is 15.0. The van der Waals surface area contributed by atoms with Gasteiger partial charge in [0.2, 0.25) is 11.6 Å². The Hall–Kier alpha value is -7.48. The SMILES string of the molecule is CCOC(=O)C[C@@H]1O[C@@H](c2cccc(OC)c2OC)c2cc(C(F)(F)F)ccc2-n2c1nnc2C(C)(F)F.CCOC(=O)C[C@H]1O[C@H](c2cccc(OC)c2OC)c2cc(C(F)(F)F)ccc2-n2c1nnc2C(C)(F)F. The first kappa shape index (κ1) is 56.3. The molecule has 2 aliphatic heterocycles. The Morgan fingerprint density at radius 3 is 1.20 bits per heavy atom. The maximum Gasteiger partial charge on any atom is 0.416 e. The second-order valence-electron chi connectivity index (χ2n) is 16.9. The number of para-hydroxylation sites is 2. The van der Waals surface area contributed by atoms with Gasteiger partial charge < -0.3 is 37.9 Å². The molecule has 2 aliphatic rings. The number of carbonyl (C=O) groups is 2. The quantitative estimate of drug-likeness (QED) is 0.0746. The van der Waals surface area contributed by atoms with E-state index in [9.17, 15) is 53.5 Å².